The van der Waals surface area contributed by atoms with Gasteiger partial charge in [-0.3, -0.25) is 4.79 Å². The maximum atomic E-state index is 11.1. The summed E-state index contributed by atoms with van der Waals surface area (Å²) in [4.78, 5) is 11.1. The van der Waals surface area contributed by atoms with Crippen LogP contribution in [0.2, 0.25) is 0 Å². The number of halogens is 1. The third kappa shape index (κ3) is 5.35. The van der Waals surface area contributed by atoms with Crippen LogP contribution in [0.1, 0.15) is 37.0 Å². The standard InChI is InChI=1S/C14H19BrO2/c1-11(7-9-15)8-10-17-14-5-3-13(4-6-14)12(2)16/h3-6,11H,7-10H2,1-2H3. The van der Waals surface area contributed by atoms with Crippen LogP contribution >= 0.6 is 15.9 Å². The van der Waals surface area contributed by atoms with Gasteiger partial charge in [0.05, 0.1) is 6.61 Å². The van der Waals surface area contributed by atoms with Gasteiger partial charge >= 0.3 is 0 Å². The molecule has 0 radical (unpaired) electrons. The van der Waals surface area contributed by atoms with Crippen molar-refractivity contribution in [1.29, 1.82) is 0 Å². The molecule has 1 aromatic carbocycles. The molecular weight excluding hydrogens is 280 g/mol. The molecule has 1 unspecified atom stereocenters. The van der Waals surface area contributed by atoms with Gasteiger partial charge < -0.3 is 4.74 Å². The monoisotopic (exact) mass is 298 g/mol. The first-order chi connectivity index (χ1) is 8.13. The molecule has 1 atom stereocenters. The predicted molar refractivity (Wildman–Crippen MR) is 74.1 cm³/mol. The van der Waals surface area contributed by atoms with Crippen molar-refractivity contribution in [3.8, 4) is 5.75 Å². The number of hydrogen-bond donors (Lipinski definition) is 0. The summed E-state index contributed by atoms with van der Waals surface area (Å²) < 4.78 is 5.63. The van der Waals surface area contributed by atoms with Crippen molar-refractivity contribution in [3.63, 3.8) is 0 Å². The Kier molecular flexibility index (Phi) is 6.27. The van der Waals surface area contributed by atoms with Crippen LogP contribution in [-0.2, 0) is 0 Å². The zero-order chi connectivity index (χ0) is 12.7. The van der Waals surface area contributed by atoms with Crippen LogP contribution in [0.15, 0.2) is 24.3 Å². The molecule has 17 heavy (non-hydrogen) atoms. The lowest BCUT2D eigenvalue weighted by Gasteiger charge is -2.11. The molecule has 94 valence electrons. The van der Waals surface area contributed by atoms with E-state index in [1.807, 2.05) is 12.1 Å². The number of alkyl halides is 1. The summed E-state index contributed by atoms with van der Waals surface area (Å²) in [7, 11) is 0. The van der Waals surface area contributed by atoms with Crippen LogP contribution in [-0.4, -0.2) is 17.7 Å². The number of benzene rings is 1. The molecule has 0 fully saturated rings. The Morgan fingerprint density at radius 1 is 1.29 bits per heavy atom. The number of carbonyl (C=O) groups excluding carboxylic acids is 1. The largest absolute Gasteiger partial charge is 0.494 e. The van der Waals surface area contributed by atoms with Gasteiger partial charge in [-0.1, -0.05) is 22.9 Å². The highest BCUT2D eigenvalue weighted by Gasteiger charge is 2.02. The first-order valence-corrected chi connectivity index (χ1v) is 7.05. The van der Waals surface area contributed by atoms with Crippen LogP contribution in [0.25, 0.3) is 0 Å². The van der Waals surface area contributed by atoms with Gasteiger partial charge in [-0.05, 0) is 49.9 Å². The lowest BCUT2D eigenvalue weighted by Crippen LogP contribution is -2.04. The average molecular weight is 299 g/mol. The van der Waals surface area contributed by atoms with E-state index in [0.29, 0.717) is 5.92 Å². The van der Waals surface area contributed by atoms with E-state index in [4.69, 9.17) is 4.74 Å². The Morgan fingerprint density at radius 3 is 2.47 bits per heavy atom. The van der Waals surface area contributed by atoms with Crippen molar-refractivity contribution >= 4 is 21.7 Å². The fourth-order valence-corrected chi connectivity index (χ4v) is 2.28. The quantitative estimate of drug-likeness (QED) is 0.560. The topological polar surface area (TPSA) is 26.3 Å². The minimum Gasteiger partial charge on any atom is -0.494 e. The molecule has 0 N–H and O–H groups in total. The van der Waals surface area contributed by atoms with Crippen LogP contribution in [0.3, 0.4) is 0 Å². The number of ether oxygens (including phenoxy) is 1. The smallest absolute Gasteiger partial charge is 0.159 e. The summed E-state index contributed by atoms with van der Waals surface area (Å²) in [5.74, 6) is 1.59. The molecule has 0 amide bonds. The van der Waals surface area contributed by atoms with Gasteiger partial charge in [0.25, 0.3) is 0 Å². The molecule has 1 aromatic rings. The predicted octanol–water partition coefficient (Wildman–Crippen LogP) is 4.08. The maximum Gasteiger partial charge on any atom is 0.159 e. The Hall–Kier alpha value is -0.830. The Labute approximate surface area is 111 Å². The molecule has 0 bridgehead atoms. The molecule has 0 aromatic heterocycles. The Morgan fingerprint density at radius 2 is 1.94 bits per heavy atom. The number of hydrogen-bond acceptors (Lipinski definition) is 2. The van der Waals surface area contributed by atoms with E-state index in [9.17, 15) is 4.79 Å². The number of ketones is 1. The fourth-order valence-electron chi connectivity index (χ4n) is 1.49. The third-order valence-corrected chi connectivity index (χ3v) is 3.20. The average Bonchev–Trinajstić information content (AvgIpc) is 2.30. The lowest BCUT2D eigenvalue weighted by molar-refractivity contribution is 0.101. The van der Waals surface area contributed by atoms with E-state index in [-0.39, 0.29) is 5.78 Å². The second-order valence-electron chi connectivity index (χ2n) is 4.30. The van der Waals surface area contributed by atoms with Gasteiger partial charge in [0.15, 0.2) is 5.78 Å². The van der Waals surface area contributed by atoms with Crippen LogP contribution in [0.4, 0.5) is 0 Å². The Balaban J connectivity index is 2.34. The van der Waals surface area contributed by atoms with Crippen molar-refractivity contribution in [2.45, 2.75) is 26.7 Å². The first kappa shape index (κ1) is 14.2. The fraction of sp³-hybridized carbons (Fsp3) is 0.500. The molecule has 0 heterocycles. The molecule has 1 rings (SSSR count). The van der Waals surface area contributed by atoms with Gasteiger partial charge in [-0.25, -0.2) is 0 Å². The van der Waals surface area contributed by atoms with Crippen LogP contribution in [0, 0.1) is 5.92 Å². The van der Waals surface area contributed by atoms with Gasteiger partial charge in [0, 0.05) is 10.9 Å². The van der Waals surface area contributed by atoms with Crippen molar-refractivity contribution in [2.75, 3.05) is 11.9 Å². The SMILES string of the molecule is CC(=O)c1ccc(OCCC(C)CCBr)cc1. The zero-order valence-electron chi connectivity index (χ0n) is 10.4. The summed E-state index contributed by atoms with van der Waals surface area (Å²) in [6.07, 6.45) is 2.23. The van der Waals surface area contributed by atoms with Crippen LogP contribution < -0.4 is 4.74 Å². The van der Waals surface area contributed by atoms with E-state index in [0.717, 1.165) is 29.7 Å². The number of carbonyl (C=O) groups is 1. The minimum absolute atomic E-state index is 0.0856. The molecule has 0 spiro atoms. The van der Waals surface area contributed by atoms with Crippen molar-refractivity contribution in [3.05, 3.63) is 29.8 Å². The van der Waals surface area contributed by atoms with Gasteiger partial charge in [-0.2, -0.15) is 0 Å². The zero-order valence-corrected chi connectivity index (χ0v) is 12.0. The maximum absolute atomic E-state index is 11.1. The van der Waals surface area contributed by atoms with Gasteiger partial charge in [0.1, 0.15) is 5.75 Å². The first-order valence-electron chi connectivity index (χ1n) is 5.93. The Bertz CT molecular complexity index is 346. The highest BCUT2D eigenvalue weighted by atomic mass is 79.9. The minimum atomic E-state index is 0.0856. The molecule has 2 nitrogen and oxygen atoms in total. The van der Waals surface area contributed by atoms with Gasteiger partial charge in [0.2, 0.25) is 0 Å². The summed E-state index contributed by atoms with van der Waals surface area (Å²) in [6, 6.07) is 7.32. The van der Waals surface area contributed by atoms with Crippen LogP contribution in [0.5, 0.6) is 5.75 Å². The lowest BCUT2D eigenvalue weighted by atomic mass is 10.1. The van der Waals surface area contributed by atoms with E-state index in [1.54, 1.807) is 19.1 Å². The normalized spacial score (nSPS) is 12.2. The molecule has 0 aliphatic heterocycles. The highest BCUT2D eigenvalue weighted by Crippen LogP contribution is 2.15. The number of Topliss-reactive ketones (excluding diaryl/α,β-unsaturated/α-hetero) is 1. The molecular formula is C14H19BrO2. The van der Waals surface area contributed by atoms with E-state index in [2.05, 4.69) is 22.9 Å². The van der Waals surface area contributed by atoms with Crippen molar-refractivity contribution in [2.24, 2.45) is 5.92 Å². The number of rotatable bonds is 7. The third-order valence-electron chi connectivity index (χ3n) is 2.74. The molecule has 0 aliphatic rings. The van der Waals surface area contributed by atoms with Crippen molar-refractivity contribution < 1.29 is 9.53 Å². The van der Waals surface area contributed by atoms with Crippen molar-refractivity contribution in [1.82, 2.24) is 0 Å². The summed E-state index contributed by atoms with van der Waals surface area (Å²) in [5.41, 5.74) is 0.727. The van der Waals surface area contributed by atoms with Gasteiger partial charge in [-0.15, -0.1) is 0 Å². The molecule has 0 saturated carbocycles. The molecule has 0 aliphatic carbocycles. The van der Waals surface area contributed by atoms with E-state index < -0.39 is 0 Å². The van der Waals surface area contributed by atoms with E-state index >= 15 is 0 Å². The summed E-state index contributed by atoms with van der Waals surface area (Å²) >= 11 is 3.44. The second-order valence-corrected chi connectivity index (χ2v) is 5.09. The second kappa shape index (κ2) is 7.49. The van der Waals surface area contributed by atoms with E-state index in [1.165, 1.54) is 6.42 Å². The highest BCUT2D eigenvalue weighted by molar-refractivity contribution is 9.09. The summed E-state index contributed by atoms with van der Waals surface area (Å²) in [5, 5.41) is 1.04. The molecule has 0 saturated heterocycles. The summed E-state index contributed by atoms with van der Waals surface area (Å²) in [6.45, 7) is 4.52. The molecule has 3 heteroatoms.